The Morgan fingerprint density at radius 3 is 2.70 bits per heavy atom. The smallest absolute Gasteiger partial charge is 0.170 e. The minimum atomic E-state index is 0.718. The number of hydrogen-bond acceptors (Lipinski definition) is 2. The second kappa shape index (κ2) is 7.60. The molecule has 0 radical (unpaired) electrons. The van der Waals surface area contributed by atoms with Crippen molar-refractivity contribution in [1.82, 2.24) is 10.2 Å². The molecule has 0 aromatic heterocycles. The molecule has 1 saturated heterocycles. The number of hydrogen-bond donors (Lipinski definition) is 2. The van der Waals surface area contributed by atoms with Gasteiger partial charge in [-0.1, -0.05) is 18.6 Å². The Morgan fingerprint density at radius 1 is 1.20 bits per heavy atom. The van der Waals surface area contributed by atoms with Crippen LogP contribution < -0.4 is 10.6 Å². The number of thiocarbonyl (C=S) groups is 1. The fraction of sp³-hybridized carbons (Fsp3) is 0.562. The van der Waals surface area contributed by atoms with E-state index in [2.05, 4.69) is 47.6 Å². The lowest BCUT2D eigenvalue weighted by atomic mass is 10.1. The molecule has 0 unspecified atom stereocenters. The number of piperidine rings is 1. The van der Waals surface area contributed by atoms with Gasteiger partial charge in [0.1, 0.15) is 0 Å². The van der Waals surface area contributed by atoms with Crippen molar-refractivity contribution in [3.05, 3.63) is 29.3 Å². The molecule has 0 aliphatic carbocycles. The minimum absolute atomic E-state index is 0.718. The highest BCUT2D eigenvalue weighted by Gasteiger charge is 2.09. The molecule has 0 spiro atoms. The standard InChI is InChI=1S/C16H25N3S/c1-13-6-7-14(2)15(12-13)18-16(20)17-8-11-19-9-4-3-5-10-19/h6-7,12H,3-5,8-11H2,1-2H3,(H2,17,18,20). The van der Waals surface area contributed by atoms with E-state index < -0.39 is 0 Å². The Morgan fingerprint density at radius 2 is 1.95 bits per heavy atom. The molecule has 3 nitrogen and oxygen atoms in total. The van der Waals surface area contributed by atoms with Crippen LogP contribution in [0.5, 0.6) is 0 Å². The van der Waals surface area contributed by atoms with E-state index >= 15 is 0 Å². The summed E-state index contributed by atoms with van der Waals surface area (Å²) in [5.41, 5.74) is 3.56. The Bertz CT molecular complexity index is 453. The van der Waals surface area contributed by atoms with E-state index in [1.54, 1.807) is 0 Å². The first-order valence-corrected chi connectivity index (χ1v) is 7.90. The van der Waals surface area contributed by atoms with Crippen LogP contribution in [-0.2, 0) is 0 Å². The van der Waals surface area contributed by atoms with Gasteiger partial charge >= 0.3 is 0 Å². The van der Waals surface area contributed by atoms with Gasteiger partial charge in [0.15, 0.2) is 5.11 Å². The van der Waals surface area contributed by atoms with Gasteiger partial charge in [-0.25, -0.2) is 0 Å². The lowest BCUT2D eigenvalue weighted by molar-refractivity contribution is 0.232. The summed E-state index contributed by atoms with van der Waals surface area (Å²) in [6, 6.07) is 6.37. The number of nitrogens with one attached hydrogen (secondary N) is 2. The minimum Gasteiger partial charge on any atom is -0.361 e. The van der Waals surface area contributed by atoms with E-state index in [1.807, 2.05) is 0 Å². The van der Waals surface area contributed by atoms with Crippen LogP contribution in [0.15, 0.2) is 18.2 Å². The van der Waals surface area contributed by atoms with Crippen molar-refractivity contribution in [2.45, 2.75) is 33.1 Å². The lowest BCUT2D eigenvalue weighted by Gasteiger charge is -2.26. The molecule has 0 bridgehead atoms. The summed E-state index contributed by atoms with van der Waals surface area (Å²) in [6.07, 6.45) is 4.06. The van der Waals surface area contributed by atoms with Gasteiger partial charge in [-0.2, -0.15) is 0 Å². The molecule has 1 aliphatic heterocycles. The van der Waals surface area contributed by atoms with Gasteiger partial charge in [-0.05, 0) is 69.2 Å². The largest absolute Gasteiger partial charge is 0.361 e. The zero-order chi connectivity index (χ0) is 14.4. The summed E-state index contributed by atoms with van der Waals surface area (Å²) in [5, 5.41) is 7.31. The predicted molar refractivity (Wildman–Crippen MR) is 90.4 cm³/mol. The molecule has 1 heterocycles. The molecular formula is C16H25N3S. The first-order chi connectivity index (χ1) is 9.65. The highest BCUT2D eigenvalue weighted by Crippen LogP contribution is 2.16. The molecular weight excluding hydrogens is 266 g/mol. The quantitative estimate of drug-likeness (QED) is 0.834. The van der Waals surface area contributed by atoms with Gasteiger partial charge in [-0.15, -0.1) is 0 Å². The number of likely N-dealkylation sites (tertiary alicyclic amines) is 1. The lowest BCUT2D eigenvalue weighted by Crippen LogP contribution is -2.39. The number of benzene rings is 1. The summed E-state index contributed by atoms with van der Waals surface area (Å²) >= 11 is 5.37. The van der Waals surface area contributed by atoms with Crippen molar-refractivity contribution in [2.24, 2.45) is 0 Å². The Kier molecular flexibility index (Phi) is 5.80. The Labute approximate surface area is 127 Å². The normalized spacial score (nSPS) is 15.9. The molecule has 4 heteroatoms. The third kappa shape index (κ3) is 4.76. The summed E-state index contributed by atoms with van der Waals surface area (Å²) in [7, 11) is 0. The number of nitrogens with zero attached hydrogens (tertiary/aromatic N) is 1. The first-order valence-electron chi connectivity index (χ1n) is 7.49. The van der Waals surface area contributed by atoms with Crippen LogP contribution in [0.2, 0.25) is 0 Å². The summed E-state index contributed by atoms with van der Waals surface area (Å²) in [4.78, 5) is 2.51. The maximum absolute atomic E-state index is 5.37. The number of aryl methyl sites for hydroxylation is 2. The van der Waals surface area contributed by atoms with Crippen molar-refractivity contribution < 1.29 is 0 Å². The molecule has 2 N–H and O–H groups in total. The van der Waals surface area contributed by atoms with E-state index in [9.17, 15) is 0 Å². The second-order valence-electron chi connectivity index (χ2n) is 5.60. The predicted octanol–water partition coefficient (Wildman–Crippen LogP) is 3.08. The van der Waals surface area contributed by atoms with Crippen molar-refractivity contribution in [3.63, 3.8) is 0 Å². The monoisotopic (exact) mass is 291 g/mol. The van der Waals surface area contributed by atoms with Crippen LogP contribution in [0.4, 0.5) is 5.69 Å². The summed E-state index contributed by atoms with van der Waals surface area (Å²) in [5.74, 6) is 0. The highest BCUT2D eigenvalue weighted by molar-refractivity contribution is 7.80. The number of rotatable bonds is 4. The molecule has 0 atom stereocenters. The van der Waals surface area contributed by atoms with Crippen molar-refractivity contribution in [3.8, 4) is 0 Å². The molecule has 1 aromatic carbocycles. The fourth-order valence-electron chi connectivity index (χ4n) is 2.55. The zero-order valence-electron chi connectivity index (χ0n) is 12.5. The maximum atomic E-state index is 5.37. The average Bonchev–Trinajstić information content (AvgIpc) is 2.44. The topological polar surface area (TPSA) is 27.3 Å². The van der Waals surface area contributed by atoms with Crippen LogP contribution in [0, 0.1) is 13.8 Å². The van der Waals surface area contributed by atoms with Gasteiger partial charge in [0.2, 0.25) is 0 Å². The molecule has 0 saturated carbocycles. The SMILES string of the molecule is Cc1ccc(C)c(NC(=S)NCCN2CCCCC2)c1. The van der Waals surface area contributed by atoms with Gasteiger partial charge in [0.25, 0.3) is 0 Å². The molecule has 1 aromatic rings. The van der Waals surface area contributed by atoms with Gasteiger partial charge in [0, 0.05) is 18.8 Å². The van der Waals surface area contributed by atoms with Crippen LogP contribution in [0.25, 0.3) is 0 Å². The fourth-order valence-corrected chi connectivity index (χ4v) is 2.76. The van der Waals surface area contributed by atoms with Crippen LogP contribution >= 0.6 is 12.2 Å². The second-order valence-corrected chi connectivity index (χ2v) is 6.01. The highest BCUT2D eigenvalue weighted by atomic mass is 32.1. The Balaban J connectivity index is 1.73. The third-order valence-corrected chi connectivity index (χ3v) is 4.05. The van der Waals surface area contributed by atoms with E-state index in [0.717, 1.165) is 23.9 Å². The summed E-state index contributed by atoms with van der Waals surface area (Å²) < 4.78 is 0. The molecule has 20 heavy (non-hydrogen) atoms. The first kappa shape index (κ1) is 15.3. The van der Waals surface area contributed by atoms with Gasteiger partial charge in [0.05, 0.1) is 0 Å². The van der Waals surface area contributed by atoms with E-state index in [4.69, 9.17) is 12.2 Å². The van der Waals surface area contributed by atoms with Crippen LogP contribution in [0.1, 0.15) is 30.4 Å². The third-order valence-electron chi connectivity index (χ3n) is 3.80. The van der Waals surface area contributed by atoms with Crippen LogP contribution in [0.3, 0.4) is 0 Å². The molecule has 1 fully saturated rings. The van der Waals surface area contributed by atoms with Crippen molar-refractivity contribution in [1.29, 1.82) is 0 Å². The summed E-state index contributed by atoms with van der Waals surface area (Å²) in [6.45, 7) is 8.65. The zero-order valence-corrected chi connectivity index (χ0v) is 13.4. The number of anilines is 1. The van der Waals surface area contributed by atoms with Gasteiger partial charge in [-0.3, -0.25) is 0 Å². The molecule has 2 rings (SSSR count). The van der Waals surface area contributed by atoms with Crippen molar-refractivity contribution >= 4 is 23.0 Å². The van der Waals surface area contributed by atoms with Crippen molar-refractivity contribution in [2.75, 3.05) is 31.5 Å². The average molecular weight is 291 g/mol. The molecule has 1 aliphatic rings. The van der Waals surface area contributed by atoms with Gasteiger partial charge < -0.3 is 15.5 Å². The molecule has 110 valence electrons. The molecule has 0 amide bonds. The van der Waals surface area contributed by atoms with Crippen LogP contribution in [-0.4, -0.2) is 36.2 Å². The van der Waals surface area contributed by atoms with E-state index in [-0.39, 0.29) is 0 Å². The maximum Gasteiger partial charge on any atom is 0.170 e. The van der Waals surface area contributed by atoms with E-state index in [0.29, 0.717) is 0 Å². The Hall–Kier alpha value is -1.13. The van der Waals surface area contributed by atoms with E-state index in [1.165, 1.54) is 43.5 Å².